The third kappa shape index (κ3) is 7.93. The second kappa shape index (κ2) is 13.1. The topological polar surface area (TPSA) is 84.3 Å². The molecule has 3 saturated heterocycles. The highest BCUT2D eigenvalue weighted by Gasteiger charge is 2.42. The van der Waals surface area contributed by atoms with E-state index in [0.717, 1.165) is 88.2 Å². The maximum Gasteiger partial charge on any atom is 0.410 e. The number of nitrogens with zero attached hydrogens (tertiary/aromatic N) is 3. The lowest BCUT2D eigenvalue weighted by Crippen LogP contribution is -2.56. The number of carbonyl (C=O) groups is 1. The van der Waals surface area contributed by atoms with Crippen LogP contribution in [0.1, 0.15) is 82.9 Å². The number of likely N-dealkylation sites (tertiary alicyclic amines) is 1. The van der Waals surface area contributed by atoms with Crippen LogP contribution in [0, 0.1) is 11.3 Å². The normalized spacial score (nSPS) is 23.5. The van der Waals surface area contributed by atoms with Gasteiger partial charge in [-0.25, -0.2) is 4.79 Å². The molecule has 8 heteroatoms. The number of benzene rings is 2. The second-order valence-electron chi connectivity index (χ2n) is 12.4. The van der Waals surface area contributed by atoms with Gasteiger partial charge in [0.05, 0.1) is 18.2 Å². The molecule has 2 aromatic carbocycles. The minimum absolute atomic E-state index is 0.142. The summed E-state index contributed by atoms with van der Waals surface area (Å²) in [6.07, 6.45) is 6.63. The van der Waals surface area contributed by atoms with Gasteiger partial charge in [-0.3, -0.25) is 4.90 Å². The fraction of sp³-hybridized carbons (Fsp3) is 0.576. The Hall–Kier alpha value is -3.28. The molecule has 3 heterocycles. The summed E-state index contributed by atoms with van der Waals surface area (Å²) in [5.41, 5.74) is 1.21. The van der Waals surface area contributed by atoms with E-state index < -0.39 is 5.60 Å². The summed E-state index contributed by atoms with van der Waals surface area (Å²) in [4.78, 5) is 17.1. The average Bonchev–Trinajstić information content (AvgIpc) is 3.18. The van der Waals surface area contributed by atoms with E-state index in [1.54, 1.807) is 0 Å². The van der Waals surface area contributed by atoms with Gasteiger partial charge < -0.3 is 23.8 Å². The number of hydrogen-bond donors (Lipinski definition) is 0. The van der Waals surface area contributed by atoms with Crippen molar-refractivity contribution in [1.29, 1.82) is 5.26 Å². The molecule has 8 nitrogen and oxygen atoms in total. The molecular formula is C33H43N3O5. The van der Waals surface area contributed by atoms with Gasteiger partial charge in [-0.15, -0.1) is 0 Å². The van der Waals surface area contributed by atoms with Gasteiger partial charge in [0, 0.05) is 31.6 Å². The van der Waals surface area contributed by atoms with Gasteiger partial charge in [-0.2, -0.15) is 5.26 Å². The minimum Gasteiger partial charge on any atom is -0.486 e. The van der Waals surface area contributed by atoms with Crippen molar-refractivity contribution in [1.82, 2.24) is 9.80 Å². The van der Waals surface area contributed by atoms with Crippen LogP contribution in [0.25, 0.3) is 0 Å². The first-order chi connectivity index (χ1) is 19.8. The third-order valence-corrected chi connectivity index (χ3v) is 8.09. The van der Waals surface area contributed by atoms with Crippen molar-refractivity contribution in [2.24, 2.45) is 0 Å². The first-order valence-corrected chi connectivity index (χ1v) is 15.1. The Morgan fingerprint density at radius 1 is 1.00 bits per heavy atom. The molecule has 2 aromatic rings. The number of piperazine rings is 1. The standard InChI is InChI=1S/C33H43N3O5/c1-33(2,3)41-32(37)35-22-26-13-14-27(23-35)36(26)19-6-7-30(25-11-9-24(21-34)10-12-25)39-28-15-17-29(18-16-28)40-31-8-4-5-20-38-31/h9-12,15-18,26-27,30-31H,4-8,13-14,19-20,22-23H2,1-3H3. The summed E-state index contributed by atoms with van der Waals surface area (Å²) in [5.74, 6) is 1.56. The molecule has 41 heavy (non-hydrogen) atoms. The average molecular weight is 562 g/mol. The van der Waals surface area contributed by atoms with E-state index in [0.29, 0.717) is 17.6 Å². The SMILES string of the molecule is CC(C)(C)OC(=O)N1CC2CCC(C1)N2CCCC(Oc1ccc(OC2CCCCO2)cc1)c1ccc(C#N)cc1. The Balaban J connectivity index is 1.19. The zero-order chi connectivity index (χ0) is 28.8. The van der Waals surface area contributed by atoms with Crippen LogP contribution in [0.5, 0.6) is 11.5 Å². The Morgan fingerprint density at radius 2 is 1.68 bits per heavy atom. The van der Waals surface area contributed by atoms with Crippen LogP contribution < -0.4 is 9.47 Å². The number of nitriles is 1. The van der Waals surface area contributed by atoms with Crippen molar-refractivity contribution in [3.8, 4) is 17.6 Å². The number of rotatable bonds is 9. The first kappa shape index (κ1) is 29.2. The van der Waals surface area contributed by atoms with Gasteiger partial charge in [0.25, 0.3) is 0 Å². The Bertz CT molecular complexity index is 1170. The van der Waals surface area contributed by atoms with Crippen LogP contribution in [0.3, 0.4) is 0 Å². The summed E-state index contributed by atoms with van der Waals surface area (Å²) >= 11 is 0. The monoisotopic (exact) mass is 561 g/mol. The molecule has 0 N–H and O–H groups in total. The van der Waals surface area contributed by atoms with E-state index in [-0.39, 0.29) is 18.5 Å². The molecule has 4 atom stereocenters. The highest BCUT2D eigenvalue weighted by atomic mass is 16.7. The van der Waals surface area contributed by atoms with Crippen molar-refractivity contribution >= 4 is 6.09 Å². The zero-order valence-electron chi connectivity index (χ0n) is 24.6. The number of amides is 1. The van der Waals surface area contributed by atoms with E-state index in [9.17, 15) is 10.1 Å². The summed E-state index contributed by atoms with van der Waals surface area (Å²) in [6, 6.07) is 18.4. The number of ether oxygens (including phenoxy) is 4. The highest BCUT2D eigenvalue weighted by Crippen LogP contribution is 2.33. The van der Waals surface area contributed by atoms with E-state index in [4.69, 9.17) is 18.9 Å². The van der Waals surface area contributed by atoms with Gasteiger partial charge in [-0.1, -0.05) is 12.1 Å². The lowest BCUT2D eigenvalue weighted by Gasteiger charge is -2.41. The molecule has 220 valence electrons. The van der Waals surface area contributed by atoms with Crippen LogP contribution in [-0.4, -0.2) is 66.1 Å². The maximum atomic E-state index is 12.7. The van der Waals surface area contributed by atoms with Gasteiger partial charge in [-0.05, 0) is 108 Å². The molecule has 5 rings (SSSR count). The molecule has 0 spiro atoms. The predicted octanol–water partition coefficient (Wildman–Crippen LogP) is 6.45. The fourth-order valence-electron chi connectivity index (χ4n) is 6.07. The quantitative estimate of drug-likeness (QED) is 0.348. The molecule has 3 aliphatic heterocycles. The van der Waals surface area contributed by atoms with E-state index in [2.05, 4.69) is 11.0 Å². The molecule has 0 saturated carbocycles. The minimum atomic E-state index is -0.481. The Morgan fingerprint density at radius 3 is 2.29 bits per heavy atom. The molecule has 0 aromatic heterocycles. The Kier molecular flexibility index (Phi) is 9.36. The number of fused-ring (bicyclic) bond motifs is 2. The van der Waals surface area contributed by atoms with Crippen molar-refractivity contribution in [3.05, 3.63) is 59.7 Å². The molecular weight excluding hydrogens is 518 g/mol. The van der Waals surface area contributed by atoms with Gasteiger partial charge in [0.2, 0.25) is 0 Å². The second-order valence-corrected chi connectivity index (χ2v) is 12.4. The largest absolute Gasteiger partial charge is 0.486 e. The van der Waals surface area contributed by atoms with Crippen LogP contribution in [-0.2, 0) is 9.47 Å². The van der Waals surface area contributed by atoms with Crippen LogP contribution in [0.2, 0.25) is 0 Å². The lowest BCUT2D eigenvalue weighted by molar-refractivity contribution is -0.105. The summed E-state index contributed by atoms with van der Waals surface area (Å²) in [7, 11) is 0. The van der Waals surface area contributed by atoms with Crippen molar-refractivity contribution in [3.63, 3.8) is 0 Å². The van der Waals surface area contributed by atoms with Gasteiger partial charge in [0.1, 0.15) is 23.2 Å². The molecule has 3 aliphatic rings. The predicted molar refractivity (Wildman–Crippen MR) is 156 cm³/mol. The van der Waals surface area contributed by atoms with Gasteiger partial charge >= 0.3 is 6.09 Å². The van der Waals surface area contributed by atoms with Crippen LogP contribution in [0.15, 0.2) is 48.5 Å². The zero-order valence-corrected chi connectivity index (χ0v) is 24.6. The van der Waals surface area contributed by atoms with E-state index in [1.807, 2.05) is 74.2 Å². The van der Waals surface area contributed by atoms with Crippen molar-refractivity contribution in [2.45, 2.75) is 95.8 Å². The molecule has 1 amide bonds. The summed E-state index contributed by atoms with van der Waals surface area (Å²) < 4.78 is 23.8. The van der Waals surface area contributed by atoms with Crippen molar-refractivity contribution < 1.29 is 23.7 Å². The first-order valence-electron chi connectivity index (χ1n) is 15.1. The maximum absolute atomic E-state index is 12.7. The van der Waals surface area contributed by atoms with E-state index >= 15 is 0 Å². The van der Waals surface area contributed by atoms with E-state index in [1.165, 1.54) is 0 Å². The van der Waals surface area contributed by atoms with Crippen molar-refractivity contribution in [2.75, 3.05) is 26.2 Å². The van der Waals surface area contributed by atoms with Crippen LogP contribution >= 0.6 is 0 Å². The molecule has 4 unspecified atom stereocenters. The summed E-state index contributed by atoms with van der Waals surface area (Å²) in [5, 5.41) is 9.26. The fourth-order valence-corrected chi connectivity index (χ4v) is 6.07. The number of hydrogen-bond acceptors (Lipinski definition) is 7. The highest BCUT2D eigenvalue weighted by molar-refractivity contribution is 5.68. The smallest absolute Gasteiger partial charge is 0.410 e. The van der Waals surface area contributed by atoms with Gasteiger partial charge in [0.15, 0.2) is 6.29 Å². The number of carbonyl (C=O) groups excluding carboxylic acids is 1. The third-order valence-electron chi connectivity index (χ3n) is 8.09. The Labute approximate surface area is 244 Å². The molecule has 0 radical (unpaired) electrons. The molecule has 3 fully saturated rings. The molecule has 2 bridgehead atoms. The lowest BCUT2D eigenvalue weighted by atomic mass is 10.0. The van der Waals surface area contributed by atoms with Crippen LogP contribution in [0.4, 0.5) is 4.79 Å². The summed E-state index contributed by atoms with van der Waals surface area (Å²) in [6.45, 7) is 8.90. The molecule has 0 aliphatic carbocycles.